The first-order chi connectivity index (χ1) is 12.7. The first-order valence-electron chi connectivity index (χ1n) is 8.95. The Morgan fingerprint density at radius 1 is 0.692 bits per heavy atom. The van der Waals surface area contributed by atoms with Gasteiger partial charge in [-0.15, -0.1) is 0 Å². The van der Waals surface area contributed by atoms with E-state index in [9.17, 15) is 9.59 Å². The summed E-state index contributed by atoms with van der Waals surface area (Å²) in [6.07, 6.45) is 4.28. The van der Waals surface area contributed by atoms with Gasteiger partial charge < -0.3 is 0 Å². The molecule has 2 atom stereocenters. The normalized spacial score (nSPS) is 20.8. The summed E-state index contributed by atoms with van der Waals surface area (Å²) in [4.78, 5) is 26.0. The van der Waals surface area contributed by atoms with Gasteiger partial charge in [0.15, 0.2) is 0 Å². The molecular weight excluding hydrogens is 458 g/mol. The second-order valence-electron chi connectivity index (χ2n) is 6.86. The molecule has 4 nitrogen and oxygen atoms in total. The SMILES string of the molecule is O=c1c2ccccc2[se]n1C1CCCCC1n1[se]c2ccccc2c1=O. The van der Waals surface area contributed by atoms with E-state index in [0.717, 1.165) is 36.5 Å². The molecule has 0 spiro atoms. The van der Waals surface area contributed by atoms with Gasteiger partial charge in [0.2, 0.25) is 0 Å². The number of fused-ring (bicyclic) bond motifs is 2. The molecule has 132 valence electrons. The fraction of sp³-hybridized carbons (Fsp3) is 0.300. The number of aromatic nitrogens is 2. The molecule has 2 aromatic heterocycles. The molecule has 0 radical (unpaired) electrons. The van der Waals surface area contributed by atoms with Crippen LogP contribution in [-0.4, -0.2) is 36.6 Å². The second kappa shape index (κ2) is 6.54. The van der Waals surface area contributed by atoms with Crippen LogP contribution in [-0.2, 0) is 0 Å². The fourth-order valence-electron chi connectivity index (χ4n) is 4.05. The average Bonchev–Trinajstić information content (AvgIpc) is 3.20. The summed E-state index contributed by atoms with van der Waals surface area (Å²) in [5.41, 5.74) is 0.323. The quantitative estimate of drug-likeness (QED) is 0.418. The van der Waals surface area contributed by atoms with Crippen molar-refractivity contribution in [2.45, 2.75) is 37.8 Å². The van der Waals surface area contributed by atoms with Crippen molar-refractivity contribution < 1.29 is 0 Å². The first-order valence-corrected chi connectivity index (χ1v) is 12.2. The van der Waals surface area contributed by atoms with Crippen LogP contribution < -0.4 is 11.1 Å². The molecule has 1 fully saturated rings. The third-order valence-electron chi connectivity index (χ3n) is 5.33. The number of benzene rings is 2. The zero-order valence-corrected chi connectivity index (χ0v) is 17.6. The number of hydrogen-bond donors (Lipinski definition) is 0. The molecule has 0 N–H and O–H groups in total. The Bertz CT molecular complexity index is 1120. The van der Waals surface area contributed by atoms with Gasteiger partial charge in [0.05, 0.1) is 0 Å². The molecule has 2 heterocycles. The summed E-state index contributed by atoms with van der Waals surface area (Å²) in [7, 11) is 0. The zero-order valence-electron chi connectivity index (χ0n) is 14.1. The van der Waals surface area contributed by atoms with Gasteiger partial charge in [-0.1, -0.05) is 0 Å². The van der Waals surface area contributed by atoms with Crippen LogP contribution in [0.3, 0.4) is 0 Å². The Hall–Kier alpha value is -1.58. The van der Waals surface area contributed by atoms with Crippen molar-refractivity contribution in [3.63, 3.8) is 0 Å². The van der Waals surface area contributed by atoms with E-state index in [0.29, 0.717) is 0 Å². The molecule has 26 heavy (non-hydrogen) atoms. The van der Waals surface area contributed by atoms with Crippen LogP contribution in [0.25, 0.3) is 19.3 Å². The van der Waals surface area contributed by atoms with Crippen LogP contribution in [0.2, 0.25) is 0 Å². The van der Waals surface area contributed by atoms with Gasteiger partial charge in [0, 0.05) is 0 Å². The Labute approximate surface area is 162 Å². The molecule has 5 rings (SSSR count). The molecular formula is C20H18N2O2Se2. The van der Waals surface area contributed by atoms with Crippen molar-refractivity contribution in [3.8, 4) is 0 Å². The summed E-state index contributed by atoms with van der Waals surface area (Å²) in [6.45, 7) is 0. The van der Waals surface area contributed by atoms with Crippen molar-refractivity contribution in [1.29, 1.82) is 0 Å². The van der Waals surface area contributed by atoms with E-state index >= 15 is 0 Å². The van der Waals surface area contributed by atoms with E-state index in [1.54, 1.807) is 0 Å². The summed E-state index contributed by atoms with van der Waals surface area (Å²) in [6, 6.07) is 16.3. The third kappa shape index (κ3) is 2.56. The van der Waals surface area contributed by atoms with Crippen molar-refractivity contribution in [3.05, 3.63) is 69.2 Å². The van der Waals surface area contributed by atoms with Crippen LogP contribution in [0.1, 0.15) is 37.8 Å². The van der Waals surface area contributed by atoms with E-state index in [2.05, 4.69) is 19.3 Å². The monoisotopic (exact) mass is 478 g/mol. The molecule has 1 aliphatic carbocycles. The van der Waals surface area contributed by atoms with Crippen LogP contribution in [0.5, 0.6) is 0 Å². The molecule has 0 bridgehead atoms. The predicted molar refractivity (Wildman–Crippen MR) is 107 cm³/mol. The molecule has 4 aromatic rings. The average molecular weight is 476 g/mol. The van der Waals surface area contributed by atoms with Gasteiger partial charge in [-0.2, -0.15) is 0 Å². The molecule has 0 amide bonds. The van der Waals surface area contributed by atoms with Crippen molar-refractivity contribution in [2.24, 2.45) is 0 Å². The van der Waals surface area contributed by atoms with E-state index in [1.807, 2.05) is 36.4 Å². The molecule has 1 aliphatic rings. The van der Waals surface area contributed by atoms with E-state index in [-0.39, 0.29) is 52.7 Å². The van der Waals surface area contributed by atoms with Gasteiger partial charge in [-0.3, -0.25) is 0 Å². The standard InChI is InChI=1S/C20H18N2O2Se2/c23-19-13-7-1-5-11-17(13)25-21(19)15-9-3-4-10-16(15)22-20(24)14-8-2-6-12-18(14)26-22/h1-2,5-8,11-12,15-16H,3-4,9-10H2. The molecule has 1 saturated carbocycles. The Morgan fingerprint density at radius 2 is 1.12 bits per heavy atom. The van der Waals surface area contributed by atoms with Crippen molar-refractivity contribution in [1.82, 2.24) is 7.12 Å². The van der Waals surface area contributed by atoms with Crippen LogP contribution in [0.15, 0.2) is 58.1 Å². The van der Waals surface area contributed by atoms with Crippen LogP contribution in [0.4, 0.5) is 0 Å². The second-order valence-corrected chi connectivity index (χ2v) is 11.1. The first kappa shape index (κ1) is 16.6. The Kier molecular flexibility index (Phi) is 4.17. The Morgan fingerprint density at radius 3 is 1.54 bits per heavy atom. The molecule has 2 unspecified atom stereocenters. The summed E-state index contributed by atoms with van der Waals surface area (Å²) in [5, 5.41) is 1.72. The van der Waals surface area contributed by atoms with Gasteiger partial charge in [-0.25, -0.2) is 0 Å². The van der Waals surface area contributed by atoms with Crippen molar-refractivity contribution in [2.75, 3.05) is 0 Å². The van der Waals surface area contributed by atoms with Crippen LogP contribution in [0, 0.1) is 0 Å². The van der Waals surface area contributed by atoms with E-state index in [1.165, 1.54) is 8.52 Å². The van der Waals surface area contributed by atoms with Gasteiger partial charge >= 0.3 is 163 Å². The topological polar surface area (TPSA) is 44.0 Å². The summed E-state index contributed by atoms with van der Waals surface area (Å²) < 4.78 is 6.54. The summed E-state index contributed by atoms with van der Waals surface area (Å²) in [5.74, 6) is 0. The number of rotatable bonds is 2. The Balaban J connectivity index is 1.67. The predicted octanol–water partition coefficient (Wildman–Crippen LogP) is 2.79. The minimum atomic E-state index is 0.0244. The molecule has 0 aliphatic heterocycles. The third-order valence-corrected chi connectivity index (χ3v) is 10.3. The molecule has 6 heteroatoms. The van der Waals surface area contributed by atoms with Crippen molar-refractivity contribution >= 4 is 48.8 Å². The fourth-order valence-corrected chi connectivity index (χ4v) is 8.95. The van der Waals surface area contributed by atoms with Gasteiger partial charge in [-0.05, 0) is 0 Å². The van der Waals surface area contributed by atoms with Gasteiger partial charge in [0.25, 0.3) is 0 Å². The number of hydrogen-bond acceptors (Lipinski definition) is 2. The summed E-state index contributed by atoms with van der Waals surface area (Å²) >= 11 is 0.0487. The van der Waals surface area contributed by atoms with Gasteiger partial charge in [0.1, 0.15) is 0 Å². The van der Waals surface area contributed by atoms with E-state index in [4.69, 9.17) is 0 Å². The van der Waals surface area contributed by atoms with E-state index < -0.39 is 0 Å². The molecule has 2 aromatic carbocycles. The molecule has 0 saturated heterocycles. The number of nitrogens with zero attached hydrogens (tertiary/aromatic N) is 2. The minimum absolute atomic E-state index is 0.0244. The maximum absolute atomic E-state index is 13.0. The maximum atomic E-state index is 13.0. The van der Waals surface area contributed by atoms with Crippen LogP contribution >= 0.6 is 0 Å². The zero-order chi connectivity index (χ0) is 17.7.